The molecule has 1 aromatic carbocycles. The lowest BCUT2D eigenvalue weighted by molar-refractivity contribution is -0.141. The van der Waals surface area contributed by atoms with Gasteiger partial charge in [0.05, 0.1) is 71.6 Å². The highest BCUT2D eigenvalue weighted by Crippen LogP contribution is 2.29. The van der Waals surface area contributed by atoms with E-state index in [9.17, 15) is 13.2 Å². The third kappa shape index (κ3) is 59.0. The molecule has 0 saturated heterocycles. The topological polar surface area (TPSA) is 293 Å². The number of aromatic nitrogens is 22. The Balaban J connectivity index is -0.000000300. The molecule has 0 radical (unpaired) electrons. The predicted octanol–water partition coefficient (Wildman–Crippen LogP) is 24.5. The van der Waals surface area contributed by atoms with Gasteiger partial charge in [-0.3, -0.25) is 24.9 Å². The van der Waals surface area contributed by atoms with Gasteiger partial charge in [0.1, 0.15) is 23.2 Å². The first kappa shape index (κ1) is 121. The van der Waals surface area contributed by atoms with Crippen molar-refractivity contribution < 1.29 is 22.7 Å². The van der Waals surface area contributed by atoms with Gasteiger partial charge in [0.25, 0.3) is 0 Å². The zero-order valence-corrected chi connectivity index (χ0v) is 74.0. The van der Waals surface area contributed by atoms with Gasteiger partial charge in [-0.2, -0.15) is 23.1 Å². The molecule has 0 aliphatic rings. The Morgan fingerprint density at radius 3 is 1.29 bits per heavy atom. The molecule has 10 heterocycles. The fourth-order valence-electron chi connectivity index (χ4n) is 9.72. The van der Waals surface area contributed by atoms with Crippen molar-refractivity contribution >= 4 is 38.9 Å². The molecule has 0 bridgehead atoms. The molecular formula is C90H161F3N22O2S2. The van der Waals surface area contributed by atoms with Crippen LogP contribution in [0.5, 0.6) is 0 Å². The second-order valence-electron chi connectivity index (χ2n) is 38.6. The fraction of sp³-hybridized carbons (Fsp3) is 0.656. The van der Waals surface area contributed by atoms with Gasteiger partial charge in [-0.25, -0.2) is 34.1 Å². The summed E-state index contributed by atoms with van der Waals surface area (Å²) >= 11 is 3.06. The highest BCUT2D eigenvalue weighted by molar-refractivity contribution is 7.16. The minimum absolute atomic E-state index is 0. The number of aliphatic hydroxyl groups is 1. The molecular weight excluding hydrogens is 1540 g/mol. The highest BCUT2D eigenvalue weighted by Gasteiger charge is 2.33. The van der Waals surface area contributed by atoms with Crippen LogP contribution in [0.15, 0.2) is 96.2 Å². The van der Waals surface area contributed by atoms with Gasteiger partial charge in [-0.15, -0.1) is 20.4 Å². The van der Waals surface area contributed by atoms with Crippen LogP contribution in [0, 0.1) is 76.4 Å². The van der Waals surface area contributed by atoms with Gasteiger partial charge in [0.15, 0.2) is 23.0 Å². The molecule has 1 N–H and O–H groups in total. The van der Waals surface area contributed by atoms with Crippen LogP contribution in [0.3, 0.4) is 0 Å². The van der Waals surface area contributed by atoms with Gasteiger partial charge in [0, 0.05) is 54.5 Å². The van der Waals surface area contributed by atoms with E-state index in [0.29, 0.717) is 39.5 Å². The van der Waals surface area contributed by atoms with Gasteiger partial charge < -0.3 is 9.52 Å². The number of hydrogen-bond donors (Lipinski definition) is 1. The average Bonchev–Trinajstić information content (AvgIpc) is 1.67. The molecule has 11 aromatic rings. The van der Waals surface area contributed by atoms with Crippen molar-refractivity contribution in [1.82, 2.24) is 109 Å². The van der Waals surface area contributed by atoms with E-state index in [1.54, 1.807) is 45.9 Å². The minimum atomic E-state index is -4.41. The van der Waals surface area contributed by atoms with E-state index in [2.05, 4.69) is 262 Å². The number of fused-ring (bicyclic) bond motifs is 2. The van der Waals surface area contributed by atoms with Crippen LogP contribution in [0.1, 0.15) is 320 Å². The SMILES string of the molecule is C.C.C.C.C.C.C.C.CC(C)(C)Cc1cnc(C(F)(F)F)cn1.CC(C)(C)Cc1cnc(CO)cn1.CC(C)(C)Cc1csnn1.CC(C)(C)Cc1nc2ccccc2o1.CC(C)(C)Cn1cnnn1.Cc1cc(CC(C)(C)C)ncn1.Cc1cnc(CC(C)(C)C)cn1.Cc1nn2cc(CC(C)(C)C)nc2s1.Cc1nnn(CC(C)(C)C)n1. The molecule has 0 aliphatic heterocycles. The first-order valence-corrected chi connectivity index (χ1v) is 39.1. The van der Waals surface area contributed by atoms with Gasteiger partial charge in [-0.1, -0.05) is 274 Å². The van der Waals surface area contributed by atoms with E-state index >= 15 is 0 Å². The predicted molar refractivity (Wildman–Crippen MR) is 493 cm³/mol. The zero-order valence-electron chi connectivity index (χ0n) is 72.4. The van der Waals surface area contributed by atoms with E-state index in [0.717, 1.165) is 130 Å². The second-order valence-corrected chi connectivity index (χ2v) is 40.3. The maximum atomic E-state index is 12.2. The summed E-state index contributed by atoms with van der Waals surface area (Å²) in [7, 11) is 0. The number of aryl methyl sites for hydroxylation is 4. The largest absolute Gasteiger partial charge is 0.441 e. The molecule has 0 atom stereocenters. The third-order valence-corrected chi connectivity index (χ3v) is 15.1. The molecule has 0 unspecified atom stereocenters. The van der Waals surface area contributed by atoms with Crippen LogP contribution in [0.25, 0.3) is 16.1 Å². The first-order valence-electron chi connectivity index (χ1n) is 37.5. The van der Waals surface area contributed by atoms with Crippen molar-refractivity contribution in [3.63, 3.8) is 0 Å². The molecule has 0 aliphatic carbocycles. The van der Waals surface area contributed by atoms with Crippen LogP contribution in [-0.4, -0.2) is 115 Å². The number of tetrazole rings is 2. The number of nitrogens with zero attached hydrogens (tertiary/aromatic N) is 22. The summed E-state index contributed by atoms with van der Waals surface area (Å²) in [4.78, 5) is 43.8. The first-order chi connectivity index (χ1) is 50.7. The molecule has 0 fully saturated rings. The van der Waals surface area contributed by atoms with Crippen LogP contribution in [0.4, 0.5) is 13.2 Å². The molecule has 24 nitrogen and oxygen atoms in total. The second kappa shape index (κ2) is 53.4. The zero-order chi connectivity index (χ0) is 84.2. The summed E-state index contributed by atoms with van der Waals surface area (Å²) in [5, 5.41) is 42.7. The molecule has 119 heavy (non-hydrogen) atoms. The van der Waals surface area contributed by atoms with E-state index < -0.39 is 11.9 Å². The van der Waals surface area contributed by atoms with E-state index in [4.69, 9.17) is 9.52 Å². The van der Waals surface area contributed by atoms with Crippen LogP contribution in [-0.2, 0) is 70.8 Å². The van der Waals surface area contributed by atoms with Crippen molar-refractivity contribution in [1.29, 1.82) is 0 Å². The maximum Gasteiger partial charge on any atom is 0.434 e. The molecule has 0 saturated carbocycles. The van der Waals surface area contributed by atoms with Crippen LogP contribution < -0.4 is 0 Å². The lowest BCUT2D eigenvalue weighted by Gasteiger charge is -2.17. The Labute approximate surface area is 726 Å². The number of hydrogen-bond acceptors (Lipinski definition) is 23. The molecule has 0 amide bonds. The summed E-state index contributed by atoms with van der Waals surface area (Å²) in [6, 6.07) is 9.92. The number of benzene rings is 1. The number of imidazole rings is 1. The van der Waals surface area contributed by atoms with Gasteiger partial charge in [-0.05, 0) is 160 Å². The number of rotatable bonds is 10. The molecule has 11 rings (SSSR count). The lowest BCUT2D eigenvalue weighted by Crippen LogP contribution is -2.17. The summed E-state index contributed by atoms with van der Waals surface area (Å²) in [6.45, 7) is 67.8. The van der Waals surface area contributed by atoms with Crippen molar-refractivity contribution in [2.45, 2.75) is 345 Å². The number of oxazole rings is 1. The Morgan fingerprint density at radius 2 is 0.899 bits per heavy atom. The smallest absolute Gasteiger partial charge is 0.434 e. The number of alkyl halides is 3. The van der Waals surface area contributed by atoms with Gasteiger partial charge in [0.2, 0.25) is 4.96 Å². The van der Waals surface area contributed by atoms with E-state index in [-0.39, 0.29) is 93.1 Å². The minimum Gasteiger partial charge on any atom is -0.441 e. The number of para-hydroxylation sites is 2. The summed E-state index contributed by atoms with van der Waals surface area (Å²) < 4.78 is 49.5. The fourth-order valence-corrected chi connectivity index (χ4v) is 10.9. The van der Waals surface area contributed by atoms with Crippen molar-refractivity contribution in [2.75, 3.05) is 0 Å². The lowest BCUT2D eigenvalue weighted by atomic mass is 9.90. The van der Waals surface area contributed by atoms with Crippen molar-refractivity contribution in [3.05, 3.63) is 165 Å². The van der Waals surface area contributed by atoms with E-state index in [1.807, 2.05) is 107 Å². The third-order valence-electron chi connectivity index (χ3n) is 13.7. The monoisotopic (exact) mass is 1700 g/mol. The summed E-state index contributed by atoms with van der Waals surface area (Å²) in [5.41, 5.74) is 11.7. The standard InChI is InChI=1S/C12H15NO.C10H13F3N2.C10H15N3S.C10H16N2O.2C10H16N2.C7H14N4.C7H12N2S.C6H12N4.8CH4/c1-12(2,3)8-11-13-9-6-4-5-7-10(9)14-11;1-9(2,3)4-7-5-15-8(6-14-7)10(11,12)13;1-7-12-13-6-8(5-10(2,3)4)11-9(13)14-7;1-10(2,3)4-8-5-12-9(7-13)6-11-8;1-8-6-12-9(7-11-8)5-10(2,3)4;1-8-5-9(12-7-11-8)6-10(2,3)4;1-6-8-10-11(9-6)5-7(2,3)4;1-7(2,3)4-6-5-10-9-8-6;1-6(2,3)4-10-5-7-8-9-10;;;;;;;;/h4-7H,8H2,1-3H3;5-6H,4H2,1-3H3;6H,5H2,1-4H3;5-6,13H,4,7H2,1-3H3;6-7H,5H2,1-4H3;5,7H,6H2,1-4H3;5H2,1-4H3;2*5H,4H2,1-3H3;8*1H4. The molecule has 29 heteroatoms. The van der Waals surface area contributed by atoms with Crippen molar-refractivity contribution in [2.24, 2.45) is 48.7 Å². The molecule has 0 spiro atoms. The Hall–Kier alpha value is -8.44. The van der Waals surface area contributed by atoms with E-state index in [1.165, 1.54) is 17.7 Å². The Morgan fingerprint density at radius 1 is 0.437 bits per heavy atom. The average molecular weight is 1700 g/mol. The quantitative estimate of drug-likeness (QED) is 0.133. The highest BCUT2D eigenvalue weighted by atomic mass is 32.1. The summed E-state index contributed by atoms with van der Waals surface area (Å²) in [6.07, 6.45) is 16.3. The molecule has 10 aromatic heterocycles. The van der Waals surface area contributed by atoms with Gasteiger partial charge >= 0.3 is 6.18 Å². The van der Waals surface area contributed by atoms with Crippen LogP contribution >= 0.6 is 22.9 Å². The normalized spacial score (nSPS) is 11.3. The maximum absolute atomic E-state index is 12.2. The number of halogens is 3. The van der Waals surface area contributed by atoms with Crippen LogP contribution in [0.2, 0.25) is 0 Å². The molecule has 676 valence electrons. The Bertz CT molecular complexity index is 4250. The van der Waals surface area contributed by atoms with Crippen molar-refractivity contribution in [3.8, 4) is 0 Å². The number of aliphatic hydroxyl groups excluding tert-OH is 1. The summed E-state index contributed by atoms with van der Waals surface area (Å²) in [5.74, 6) is 1.56. The Kier molecular flexibility index (Phi) is 54.4.